The van der Waals surface area contributed by atoms with Gasteiger partial charge in [-0.3, -0.25) is 9.69 Å². The number of aliphatic hydroxyl groups excluding tert-OH is 1. The van der Waals surface area contributed by atoms with Gasteiger partial charge in [0.15, 0.2) is 0 Å². The predicted molar refractivity (Wildman–Crippen MR) is 119 cm³/mol. The number of hydrogen-bond acceptors (Lipinski definition) is 7. The number of hydrogen-bond donors (Lipinski definition) is 2. The van der Waals surface area contributed by atoms with Gasteiger partial charge in [0.25, 0.3) is 5.56 Å². The molecule has 8 heteroatoms. The molecule has 3 rings (SSSR count). The largest absolute Gasteiger partial charge is 0.467 e. The molecule has 0 aliphatic heterocycles. The van der Waals surface area contributed by atoms with E-state index >= 15 is 0 Å². The summed E-state index contributed by atoms with van der Waals surface area (Å²) in [6.07, 6.45) is 1.95. The van der Waals surface area contributed by atoms with E-state index in [1.54, 1.807) is 17.6 Å². The molecule has 0 bridgehead atoms. The quantitative estimate of drug-likeness (QED) is 0.480. The Kier molecular flexibility index (Phi) is 7.82. The lowest BCUT2D eigenvalue weighted by Crippen LogP contribution is -2.36. The highest BCUT2D eigenvalue weighted by Gasteiger charge is 2.17. The van der Waals surface area contributed by atoms with E-state index < -0.39 is 6.10 Å². The Bertz CT molecular complexity index is 994. The Labute approximate surface area is 180 Å². The summed E-state index contributed by atoms with van der Waals surface area (Å²) in [5.74, 6) is 1.90. The Morgan fingerprint density at radius 3 is 2.87 bits per heavy atom. The number of aryl methyl sites for hydroxylation is 2. The SMILES string of the molecule is Cc1sc2nc(CN(CCC(C)C)CC(O)COCc3ccco3)[nH]c(=O)c2c1C. The lowest BCUT2D eigenvalue weighted by molar-refractivity contribution is 0.00291. The first-order valence-electron chi connectivity index (χ1n) is 10.3. The van der Waals surface area contributed by atoms with Crippen LogP contribution in [0.5, 0.6) is 0 Å². The minimum Gasteiger partial charge on any atom is -0.467 e. The van der Waals surface area contributed by atoms with Crippen molar-refractivity contribution in [2.75, 3.05) is 19.7 Å². The van der Waals surface area contributed by atoms with Gasteiger partial charge in [-0.1, -0.05) is 13.8 Å². The van der Waals surface area contributed by atoms with Crippen LogP contribution in [0.4, 0.5) is 0 Å². The van der Waals surface area contributed by atoms with Crippen LogP contribution in [-0.2, 0) is 17.9 Å². The molecule has 1 atom stereocenters. The second kappa shape index (κ2) is 10.3. The van der Waals surface area contributed by atoms with Crippen molar-refractivity contribution < 1.29 is 14.3 Å². The Balaban J connectivity index is 1.65. The van der Waals surface area contributed by atoms with Crippen LogP contribution in [0.15, 0.2) is 27.6 Å². The standard InChI is InChI=1S/C22H31N3O4S/c1-14(2)7-8-25(10-17(26)12-28-13-18-6-5-9-29-18)11-19-23-21(27)20-15(3)16(4)30-22(20)24-19/h5-6,9,14,17,26H,7-8,10-13H2,1-4H3,(H,23,24,27). The first-order chi connectivity index (χ1) is 14.3. The third-order valence-electron chi connectivity index (χ3n) is 5.09. The van der Waals surface area contributed by atoms with Crippen molar-refractivity contribution in [3.05, 3.63) is 50.8 Å². The molecule has 3 aromatic heterocycles. The van der Waals surface area contributed by atoms with Crippen molar-refractivity contribution >= 4 is 21.6 Å². The van der Waals surface area contributed by atoms with Crippen molar-refractivity contribution in [3.63, 3.8) is 0 Å². The van der Waals surface area contributed by atoms with Gasteiger partial charge in [-0.05, 0) is 50.4 Å². The molecule has 0 aromatic carbocycles. The van der Waals surface area contributed by atoms with Crippen LogP contribution in [0.3, 0.4) is 0 Å². The van der Waals surface area contributed by atoms with Crippen molar-refractivity contribution in [2.45, 2.75) is 53.4 Å². The average molecular weight is 434 g/mol. The van der Waals surface area contributed by atoms with Gasteiger partial charge in [0, 0.05) is 11.4 Å². The molecule has 0 amide bonds. The number of rotatable bonds is 11. The number of aliphatic hydroxyl groups is 1. The summed E-state index contributed by atoms with van der Waals surface area (Å²) in [4.78, 5) is 24.2. The van der Waals surface area contributed by atoms with E-state index in [9.17, 15) is 9.90 Å². The first kappa shape index (κ1) is 22.7. The van der Waals surface area contributed by atoms with Gasteiger partial charge in [0.1, 0.15) is 23.0 Å². The Hall–Kier alpha value is -2.00. The zero-order valence-electron chi connectivity index (χ0n) is 18.1. The molecule has 164 valence electrons. The molecular formula is C22H31N3O4S. The molecule has 0 fully saturated rings. The highest BCUT2D eigenvalue weighted by atomic mass is 32.1. The molecule has 7 nitrogen and oxygen atoms in total. The average Bonchev–Trinajstić information content (AvgIpc) is 3.28. The van der Waals surface area contributed by atoms with Crippen molar-refractivity contribution in [3.8, 4) is 0 Å². The van der Waals surface area contributed by atoms with Crippen LogP contribution in [0.25, 0.3) is 10.2 Å². The molecular weight excluding hydrogens is 402 g/mol. The van der Waals surface area contributed by atoms with E-state index in [4.69, 9.17) is 9.15 Å². The molecule has 0 saturated heterocycles. The molecule has 0 aliphatic rings. The van der Waals surface area contributed by atoms with E-state index in [0.717, 1.165) is 34.0 Å². The summed E-state index contributed by atoms with van der Waals surface area (Å²) < 4.78 is 10.8. The summed E-state index contributed by atoms with van der Waals surface area (Å²) in [6.45, 7) is 10.6. The first-order valence-corrected chi connectivity index (χ1v) is 11.1. The molecule has 2 N–H and O–H groups in total. The monoisotopic (exact) mass is 433 g/mol. The zero-order chi connectivity index (χ0) is 21.7. The van der Waals surface area contributed by atoms with E-state index in [1.807, 2.05) is 26.0 Å². The number of thiophene rings is 1. The number of nitrogens with one attached hydrogen (secondary N) is 1. The summed E-state index contributed by atoms with van der Waals surface area (Å²) in [5, 5.41) is 11.2. The number of furan rings is 1. The fourth-order valence-electron chi connectivity index (χ4n) is 3.30. The van der Waals surface area contributed by atoms with E-state index in [2.05, 4.69) is 28.7 Å². The number of nitrogens with zero attached hydrogens (tertiary/aromatic N) is 2. The minimum atomic E-state index is -0.645. The molecule has 1 unspecified atom stereocenters. The number of H-pyrrole nitrogens is 1. The highest BCUT2D eigenvalue weighted by molar-refractivity contribution is 7.18. The number of aromatic amines is 1. The summed E-state index contributed by atoms with van der Waals surface area (Å²) in [7, 11) is 0. The molecule has 3 aromatic rings. The molecule has 0 spiro atoms. The van der Waals surface area contributed by atoms with Crippen molar-refractivity contribution in [1.29, 1.82) is 0 Å². The maximum atomic E-state index is 12.6. The van der Waals surface area contributed by atoms with Gasteiger partial charge >= 0.3 is 0 Å². The number of aromatic nitrogens is 2. The van der Waals surface area contributed by atoms with Crippen LogP contribution in [0.2, 0.25) is 0 Å². The fraction of sp³-hybridized carbons (Fsp3) is 0.545. The zero-order valence-corrected chi connectivity index (χ0v) is 18.9. The smallest absolute Gasteiger partial charge is 0.259 e. The normalized spacial score (nSPS) is 13.0. The summed E-state index contributed by atoms with van der Waals surface area (Å²) >= 11 is 1.55. The molecule has 0 radical (unpaired) electrons. The van der Waals surface area contributed by atoms with Gasteiger partial charge < -0.3 is 19.2 Å². The fourth-order valence-corrected chi connectivity index (χ4v) is 4.35. The van der Waals surface area contributed by atoms with Crippen LogP contribution in [-0.4, -0.2) is 45.8 Å². The van der Waals surface area contributed by atoms with Gasteiger partial charge in [-0.15, -0.1) is 11.3 Å². The van der Waals surface area contributed by atoms with Crippen LogP contribution >= 0.6 is 11.3 Å². The second-order valence-corrected chi connectivity index (χ2v) is 9.35. The van der Waals surface area contributed by atoms with Gasteiger partial charge in [0.05, 0.1) is 30.9 Å². The minimum absolute atomic E-state index is 0.0945. The third-order valence-corrected chi connectivity index (χ3v) is 6.19. The summed E-state index contributed by atoms with van der Waals surface area (Å²) in [6, 6.07) is 3.65. The topological polar surface area (TPSA) is 91.6 Å². The molecule has 0 aliphatic carbocycles. The van der Waals surface area contributed by atoms with Crippen molar-refractivity contribution in [2.24, 2.45) is 5.92 Å². The maximum absolute atomic E-state index is 12.6. The second-order valence-electron chi connectivity index (χ2n) is 8.14. The summed E-state index contributed by atoms with van der Waals surface area (Å²) in [5.41, 5.74) is 0.902. The van der Waals surface area contributed by atoms with Gasteiger partial charge in [-0.25, -0.2) is 4.98 Å². The number of fused-ring (bicyclic) bond motifs is 1. The van der Waals surface area contributed by atoms with Crippen LogP contribution < -0.4 is 5.56 Å². The maximum Gasteiger partial charge on any atom is 0.259 e. The van der Waals surface area contributed by atoms with Crippen molar-refractivity contribution in [1.82, 2.24) is 14.9 Å². The van der Waals surface area contributed by atoms with Gasteiger partial charge in [-0.2, -0.15) is 0 Å². The van der Waals surface area contributed by atoms with E-state index in [0.29, 0.717) is 36.8 Å². The molecule has 3 heterocycles. The van der Waals surface area contributed by atoms with Crippen LogP contribution in [0.1, 0.15) is 42.3 Å². The van der Waals surface area contributed by atoms with E-state index in [1.165, 1.54) is 0 Å². The third kappa shape index (κ3) is 6.01. The Morgan fingerprint density at radius 2 is 2.17 bits per heavy atom. The lowest BCUT2D eigenvalue weighted by atomic mass is 10.1. The molecule has 0 saturated carbocycles. The predicted octanol–water partition coefficient (Wildman–Crippen LogP) is 3.62. The lowest BCUT2D eigenvalue weighted by Gasteiger charge is -2.25. The van der Waals surface area contributed by atoms with Gasteiger partial charge in [0.2, 0.25) is 0 Å². The highest BCUT2D eigenvalue weighted by Crippen LogP contribution is 2.25. The number of ether oxygens (including phenoxy) is 1. The van der Waals surface area contributed by atoms with Crippen LogP contribution in [0, 0.1) is 19.8 Å². The Morgan fingerprint density at radius 1 is 1.37 bits per heavy atom. The van der Waals surface area contributed by atoms with E-state index in [-0.39, 0.29) is 12.2 Å². The molecule has 30 heavy (non-hydrogen) atoms.